The molecule has 0 aromatic heterocycles. The molecule has 0 saturated heterocycles. The lowest BCUT2D eigenvalue weighted by Gasteiger charge is -2.24. The number of ether oxygens (including phenoxy) is 2. The van der Waals surface area contributed by atoms with Gasteiger partial charge in [-0.1, -0.05) is 338 Å². The lowest BCUT2D eigenvalue weighted by Crippen LogP contribution is -2.37. The summed E-state index contributed by atoms with van der Waals surface area (Å²) >= 11 is 0. The van der Waals surface area contributed by atoms with E-state index in [0.29, 0.717) is 17.4 Å². The molecule has 0 saturated carbocycles. The monoisotopic (exact) mass is 1350 g/mol. The maximum Gasteiger partial charge on any atom is 0.472 e. The SMILES string of the molecule is CC/C=C\C/C=C\C/C=C\C/C=C\C/C=C\C/C=C\C/C=C\C/C=C\C/C=C\C/C=C\CCCCCCCCC(=O)OC(COC(=O)CCCCCCCCCCCCCCCCCCCCCCCC/C=C\C/C=C\C/C=C\C/C=C\CC)COP(=O)(O)OCC[N+](C)(C)C. The molecule has 0 heterocycles. The molecule has 0 aromatic rings. The van der Waals surface area contributed by atoms with E-state index in [1.807, 2.05) is 21.1 Å². The van der Waals surface area contributed by atoms with Crippen LogP contribution >= 0.6 is 7.82 Å². The van der Waals surface area contributed by atoms with Gasteiger partial charge in [-0.05, 0) is 128 Å². The highest BCUT2D eigenvalue weighted by molar-refractivity contribution is 7.47. The zero-order valence-electron chi connectivity index (χ0n) is 62.3. The van der Waals surface area contributed by atoms with Gasteiger partial charge in [-0.3, -0.25) is 18.6 Å². The number of phosphoric acid groups is 1. The van der Waals surface area contributed by atoms with Crippen molar-refractivity contribution in [1.29, 1.82) is 0 Å². The third-order valence-corrected chi connectivity index (χ3v) is 17.2. The number of nitrogens with zero attached hydrogens (tertiary/aromatic N) is 1. The average Bonchev–Trinajstić information content (AvgIpc) is 2.72. The number of allylic oxidation sites excluding steroid dienone is 28. The van der Waals surface area contributed by atoms with Crippen LogP contribution in [-0.2, 0) is 32.7 Å². The number of likely N-dealkylation sites (N-methyl/N-ethyl adjacent to an activating group) is 1. The third-order valence-electron chi connectivity index (χ3n) is 16.2. The fourth-order valence-electron chi connectivity index (χ4n) is 10.4. The topological polar surface area (TPSA) is 108 Å². The van der Waals surface area contributed by atoms with E-state index in [-0.39, 0.29) is 32.0 Å². The molecule has 0 aliphatic heterocycles. The number of carbonyl (C=O) groups excluding carboxylic acids is 2. The minimum Gasteiger partial charge on any atom is -0.462 e. The van der Waals surface area contributed by atoms with Crippen molar-refractivity contribution in [2.75, 3.05) is 47.5 Å². The Balaban J connectivity index is 4.07. The van der Waals surface area contributed by atoms with Crippen molar-refractivity contribution >= 4 is 19.8 Å². The molecule has 10 heteroatoms. The summed E-state index contributed by atoms with van der Waals surface area (Å²) < 4.78 is 34.8. The summed E-state index contributed by atoms with van der Waals surface area (Å²) in [7, 11) is 1.46. The molecule has 0 aliphatic rings. The summed E-state index contributed by atoms with van der Waals surface area (Å²) in [6.45, 7) is 4.20. The van der Waals surface area contributed by atoms with Gasteiger partial charge in [-0.25, -0.2) is 4.57 Å². The molecule has 0 aliphatic carbocycles. The number of phosphoric ester groups is 1. The Labute approximate surface area is 591 Å². The van der Waals surface area contributed by atoms with Crippen LogP contribution in [0.4, 0.5) is 0 Å². The van der Waals surface area contributed by atoms with Gasteiger partial charge >= 0.3 is 19.8 Å². The number of quaternary nitrogens is 1. The predicted octanol–water partition coefficient (Wildman–Crippen LogP) is 26.1. The number of hydrogen-bond donors (Lipinski definition) is 1. The molecule has 9 nitrogen and oxygen atoms in total. The minimum atomic E-state index is -4.41. The summed E-state index contributed by atoms with van der Waals surface area (Å²) in [6.07, 6.45) is 113. The van der Waals surface area contributed by atoms with Crippen LogP contribution in [0.15, 0.2) is 170 Å². The van der Waals surface area contributed by atoms with Gasteiger partial charge in [-0.15, -0.1) is 0 Å². The second-order valence-corrected chi connectivity index (χ2v) is 28.1. The van der Waals surface area contributed by atoms with Crippen LogP contribution in [0.5, 0.6) is 0 Å². The van der Waals surface area contributed by atoms with E-state index >= 15 is 0 Å². The summed E-state index contributed by atoms with van der Waals surface area (Å²) in [4.78, 5) is 36.0. The number of unbranched alkanes of at least 4 members (excludes halogenated alkanes) is 28. The molecule has 96 heavy (non-hydrogen) atoms. The molecule has 0 radical (unpaired) electrons. The van der Waals surface area contributed by atoms with Crippen molar-refractivity contribution < 1.29 is 42.1 Å². The molecule has 2 atom stereocenters. The van der Waals surface area contributed by atoms with Crippen molar-refractivity contribution in [3.05, 3.63) is 170 Å². The Morgan fingerprint density at radius 2 is 0.562 bits per heavy atom. The fourth-order valence-corrected chi connectivity index (χ4v) is 11.1. The van der Waals surface area contributed by atoms with Crippen LogP contribution in [0, 0.1) is 0 Å². The van der Waals surface area contributed by atoms with E-state index in [4.69, 9.17) is 18.5 Å². The molecule has 0 amide bonds. The quantitative estimate of drug-likeness (QED) is 0.0211. The first-order valence-electron chi connectivity index (χ1n) is 38.9. The van der Waals surface area contributed by atoms with Crippen molar-refractivity contribution in [1.82, 2.24) is 0 Å². The molecule has 0 bridgehead atoms. The Morgan fingerprint density at radius 3 is 0.833 bits per heavy atom. The van der Waals surface area contributed by atoms with E-state index in [2.05, 4.69) is 184 Å². The minimum absolute atomic E-state index is 0.0217. The Morgan fingerprint density at radius 1 is 0.323 bits per heavy atom. The van der Waals surface area contributed by atoms with Gasteiger partial charge in [0.15, 0.2) is 6.10 Å². The number of esters is 2. The number of rotatable bonds is 70. The number of hydrogen-bond acceptors (Lipinski definition) is 7. The van der Waals surface area contributed by atoms with E-state index in [1.165, 1.54) is 128 Å². The van der Waals surface area contributed by atoms with Gasteiger partial charge in [0.2, 0.25) is 0 Å². The summed E-state index contributed by atoms with van der Waals surface area (Å²) in [6, 6.07) is 0. The van der Waals surface area contributed by atoms with E-state index < -0.39 is 26.5 Å². The molecule has 0 aromatic carbocycles. The molecule has 0 rings (SSSR count). The lowest BCUT2D eigenvalue weighted by atomic mass is 10.0. The Bertz CT molecular complexity index is 2230. The first kappa shape index (κ1) is 91.4. The van der Waals surface area contributed by atoms with Crippen molar-refractivity contribution in [3.63, 3.8) is 0 Å². The third kappa shape index (κ3) is 78.4. The van der Waals surface area contributed by atoms with Crippen LogP contribution < -0.4 is 0 Å². The molecular weight excluding hydrogens is 1210 g/mol. The highest BCUT2D eigenvalue weighted by Gasteiger charge is 2.27. The molecule has 546 valence electrons. The summed E-state index contributed by atoms with van der Waals surface area (Å²) in [5, 5.41) is 0. The van der Waals surface area contributed by atoms with Gasteiger partial charge in [0, 0.05) is 12.8 Å². The largest absolute Gasteiger partial charge is 0.472 e. The smallest absolute Gasteiger partial charge is 0.462 e. The first-order chi connectivity index (χ1) is 47.0. The van der Waals surface area contributed by atoms with E-state index in [1.54, 1.807) is 0 Å². The van der Waals surface area contributed by atoms with Gasteiger partial charge in [0.05, 0.1) is 27.7 Å². The Hall–Kier alpha value is -4.63. The molecule has 1 N–H and O–H groups in total. The standard InChI is InChI=1S/C86H144NO8P/c1-6-8-10-12-14-16-18-20-22-24-26-28-30-32-34-36-38-40-42-43-45-47-49-51-53-55-57-59-61-63-65-67-69-71-73-75-77-79-86(89)95-84(83-94-96(90,91)93-81-80-87(3,4)5)82-92-85(88)78-76-74-72-70-68-66-64-62-60-58-56-54-52-50-48-46-44-41-39-37-35-33-31-29-27-25-23-21-19-17-15-13-11-9-7-2/h8-11,14-17,20-23,26-29,32,34,38,40,43,45,49,51,55,57,61,63,84H,6-7,12-13,18-19,24-25,30-31,33,35-37,39,41-42,44,46-48,50,52-54,56,58-60,62,64-83H2,1-5H3/p+1/b10-8-,11-9-,16-14-,17-15-,22-20-,23-21-,28-26-,29-27-,34-32-,40-38-,45-43-,51-49-,57-55-,63-61-. The van der Waals surface area contributed by atoms with Gasteiger partial charge in [0.25, 0.3) is 0 Å². The van der Waals surface area contributed by atoms with Gasteiger partial charge in [0.1, 0.15) is 19.8 Å². The molecule has 0 fully saturated rings. The second kappa shape index (κ2) is 74.6. The summed E-state index contributed by atoms with van der Waals surface area (Å²) in [5.41, 5.74) is 0. The van der Waals surface area contributed by atoms with Crippen LogP contribution in [0.2, 0.25) is 0 Å². The molecule has 0 spiro atoms. The summed E-state index contributed by atoms with van der Waals surface area (Å²) in [5.74, 6) is -0.814. The van der Waals surface area contributed by atoms with Crippen LogP contribution in [-0.4, -0.2) is 74.9 Å². The van der Waals surface area contributed by atoms with Crippen LogP contribution in [0.1, 0.15) is 309 Å². The fraction of sp³-hybridized carbons (Fsp3) is 0.651. The van der Waals surface area contributed by atoms with Gasteiger partial charge < -0.3 is 18.9 Å². The van der Waals surface area contributed by atoms with Crippen LogP contribution in [0.25, 0.3) is 0 Å². The highest BCUT2D eigenvalue weighted by atomic mass is 31.2. The first-order valence-corrected chi connectivity index (χ1v) is 40.4. The van der Waals surface area contributed by atoms with Gasteiger partial charge in [-0.2, -0.15) is 0 Å². The average molecular weight is 1350 g/mol. The Kier molecular flexibility index (Phi) is 71.0. The normalized spacial score (nSPS) is 14.0. The van der Waals surface area contributed by atoms with Crippen LogP contribution in [0.3, 0.4) is 0 Å². The lowest BCUT2D eigenvalue weighted by molar-refractivity contribution is -0.870. The van der Waals surface area contributed by atoms with E-state index in [0.717, 1.165) is 148 Å². The van der Waals surface area contributed by atoms with E-state index in [9.17, 15) is 19.0 Å². The predicted molar refractivity (Wildman–Crippen MR) is 417 cm³/mol. The zero-order valence-corrected chi connectivity index (χ0v) is 63.2. The van der Waals surface area contributed by atoms with Crippen molar-refractivity contribution in [3.8, 4) is 0 Å². The van der Waals surface area contributed by atoms with Crippen molar-refractivity contribution in [2.45, 2.75) is 315 Å². The van der Waals surface area contributed by atoms with Crippen molar-refractivity contribution in [2.24, 2.45) is 0 Å². The molecule has 2 unspecified atom stereocenters. The maximum absolute atomic E-state index is 12.9. The maximum atomic E-state index is 12.9. The molecular formula is C86H145NO8P+. The second-order valence-electron chi connectivity index (χ2n) is 26.6. The zero-order chi connectivity index (χ0) is 69.7. The highest BCUT2D eigenvalue weighted by Crippen LogP contribution is 2.43. The number of carbonyl (C=O) groups is 2.